The molecule has 2 rings (SSSR count). The smallest absolute Gasteiger partial charge is 0.293 e. The van der Waals surface area contributed by atoms with Crippen LogP contribution in [0.5, 0.6) is 0 Å². The van der Waals surface area contributed by atoms with E-state index in [0.29, 0.717) is 5.56 Å². The molecule has 0 unspecified atom stereocenters. The highest BCUT2D eigenvalue weighted by Gasteiger charge is 2.19. The second kappa shape index (κ2) is 6.38. The van der Waals surface area contributed by atoms with E-state index in [9.17, 15) is 14.4 Å². The molecule has 0 aliphatic carbocycles. The van der Waals surface area contributed by atoms with Gasteiger partial charge < -0.3 is 5.32 Å². The molecule has 1 N–H and O–H groups in total. The van der Waals surface area contributed by atoms with Gasteiger partial charge in [0.1, 0.15) is 5.82 Å². The maximum atomic E-state index is 11.8. The number of nitrogens with zero attached hydrogens (tertiary/aromatic N) is 1. The number of Topliss-reactive ketones (excluding diaryl/α,β-unsaturated/α-hetero) is 2. The number of amides is 1. The number of nitrogens with one attached hydrogen (secondary N) is 1. The van der Waals surface area contributed by atoms with Gasteiger partial charge in [0.05, 0.1) is 6.42 Å². The number of anilines is 1. The summed E-state index contributed by atoms with van der Waals surface area (Å²) in [6.45, 7) is 0. The van der Waals surface area contributed by atoms with E-state index in [-0.39, 0.29) is 11.6 Å². The number of carbonyl (C=O) groups excluding carboxylic acids is 3. The number of hydrogen-bond acceptors (Lipinski definition) is 4. The number of pyridine rings is 1. The van der Waals surface area contributed by atoms with Crippen molar-refractivity contribution in [1.82, 2.24) is 4.98 Å². The molecule has 0 spiro atoms. The van der Waals surface area contributed by atoms with Gasteiger partial charge in [0.2, 0.25) is 5.78 Å². The predicted molar refractivity (Wildman–Crippen MR) is 73.3 cm³/mol. The van der Waals surface area contributed by atoms with E-state index < -0.39 is 18.1 Å². The minimum Gasteiger partial charge on any atom is -0.304 e. The molecule has 1 aromatic heterocycles. The van der Waals surface area contributed by atoms with Crippen LogP contribution >= 0.6 is 0 Å². The van der Waals surface area contributed by atoms with Gasteiger partial charge in [-0.05, 0) is 12.1 Å². The quantitative estimate of drug-likeness (QED) is 0.510. The highest BCUT2D eigenvalue weighted by Crippen LogP contribution is 2.05. The van der Waals surface area contributed by atoms with Crippen molar-refractivity contribution in [2.45, 2.75) is 6.42 Å². The van der Waals surface area contributed by atoms with Crippen LogP contribution in [0.25, 0.3) is 0 Å². The van der Waals surface area contributed by atoms with E-state index in [1.807, 2.05) is 0 Å². The Kier molecular flexibility index (Phi) is 4.34. The fraction of sp³-hybridized carbons (Fsp3) is 0.0667. The van der Waals surface area contributed by atoms with Gasteiger partial charge in [0.25, 0.3) is 5.91 Å². The Balaban J connectivity index is 1.95. The first kappa shape index (κ1) is 13.6. The first-order valence-corrected chi connectivity index (χ1v) is 6.00. The fourth-order valence-corrected chi connectivity index (χ4v) is 1.57. The summed E-state index contributed by atoms with van der Waals surface area (Å²) in [4.78, 5) is 39.0. The molecule has 0 atom stereocenters. The molecule has 0 radical (unpaired) electrons. The van der Waals surface area contributed by atoms with Crippen LogP contribution in [0.1, 0.15) is 16.8 Å². The fourth-order valence-electron chi connectivity index (χ4n) is 1.57. The van der Waals surface area contributed by atoms with Crippen LogP contribution in [-0.4, -0.2) is 22.5 Å². The summed E-state index contributed by atoms with van der Waals surface area (Å²) < 4.78 is 0. The summed E-state index contributed by atoms with van der Waals surface area (Å²) in [5.74, 6) is -1.73. The van der Waals surface area contributed by atoms with Gasteiger partial charge in [-0.15, -0.1) is 0 Å². The highest BCUT2D eigenvalue weighted by atomic mass is 16.2. The lowest BCUT2D eigenvalue weighted by molar-refractivity contribution is -0.134. The minimum absolute atomic E-state index is 0.276. The number of ketones is 2. The summed E-state index contributed by atoms with van der Waals surface area (Å²) >= 11 is 0. The zero-order valence-electron chi connectivity index (χ0n) is 10.6. The highest BCUT2D eigenvalue weighted by molar-refractivity contribution is 6.43. The molecule has 5 nitrogen and oxygen atoms in total. The molecule has 0 fully saturated rings. The molecule has 0 aliphatic heterocycles. The van der Waals surface area contributed by atoms with Crippen molar-refractivity contribution < 1.29 is 14.4 Å². The third-order valence-corrected chi connectivity index (χ3v) is 2.58. The molecular formula is C15H12N2O3. The van der Waals surface area contributed by atoms with Crippen LogP contribution in [-0.2, 0) is 9.59 Å². The van der Waals surface area contributed by atoms with E-state index in [1.54, 1.807) is 48.5 Å². The molecule has 1 heterocycles. The van der Waals surface area contributed by atoms with Gasteiger partial charge in [-0.3, -0.25) is 14.4 Å². The molecule has 100 valence electrons. The van der Waals surface area contributed by atoms with Gasteiger partial charge in [0, 0.05) is 11.8 Å². The third-order valence-electron chi connectivity index (χ3n) is 2.58. The molecule has 2 aromatic rings. The van der Waals surface area contributed by atoms with Crippen molar-refractivity contribution in [3.05, 3.63) is 60.3 Å². The lowest BCUT2D eigenvalue weighted by Gasteiger charge is -2.03. The maximum Gasteiger partial charge on any atom is 0.293 e. The summed E-state index contributed by atoms with van der Waals surface area (Å²) in [6, 6.07) is 13.3. The third kappa shape index (κ3) is 3.58. The van der Waals surface area contributed by atoms with Crippen molar-refractivity contribution in [3.8, 4) is 0 Å². The van der Waals surface area contributed by atoms with Crippen LogP contribution in [0, 0.1) is 0 Å². The first-order chi connectivity index (χ1) is 9.66. The largest absolute Gasteiger partial charge is 0.304 e. The van der Waals surface area contributed by atoms with Gasteiger partial charge in [-0.2, -0.15) is 0 Å². The Morgan fingerprint density at radius 1 is 0.950 bits per heavy atom. The van der Waals surface area contributed by atoms with Crippen LogP contribution in [0.4, 0.5) is 5.82 Å². The molecule has 0 bridgehead atoms. The molecule has 0 saturated heterocycles. The first-order valence-electron chi connectivity index (χ1n) is 6.00. The van der Waals surface area contributed by atoms with Gasteiger partial charge >= 0.3 is 0 Å². The van der Waals surface area contributed by atoms with Crippen LogP contribution in [0.2, 0.25) is 0 Å². The topological polar surface area (TPSA) is 76.1 Å². The molecule has 20 heavy (non-hydrogen) atoms. The van der Waals surface area contributed by atoms with Gasteiger partial charge in [-0.1, -0.05) is 36.4 Å². The summed E-state index contributed by atoms with van der Waals surface area (Å²) in [7, 11) is 0. The predicted octanol–water partition coefficient (Wildman–Crippen LogP) is 1.86. The molecule has 1 aromatic carbocycles. The van der Waals surface area contributed by atoms with Gasteiger partial charge in [-0.25, -0.2) is 4.98 Å². The van der Waals surface area contributed by atoms with E-state index in [4.69, 9.17) is 0 Å². The second-order valence-corrected chi connectivity index (χ2v) is 4.06. The lowest BCUT2D eigenvalue weighted by atomic mass is 10.1. The van der Waals surface area contributed by atoms with E-state index >= 15 is 0 Å². The number of benzene rings is 1. The van der Waals surface area contributed by atoms with Crippen molar-refractivity contribution in [2.75, 3.05) is 5.32 Å². The van der Waals surface area contributed by atoms with Crippen molar-refractivity contribution in [3.63, 3.8) is 0 Å². The minimum atomic E-state index is -0.840. The number of rotatable bonds is 5. The zero-order valence-corrected chi connectivity index (χ0v) is 10.6. The Bertz CT molecular complexity index is 624. The SMILES string of the molecule is O=C(CC(=O)c1ccccc1)C(=O)Nc1ccccn1. The summed E-state index contributed by atoms with van der Waals surface area (Å²) in [5.41, 5.74) is 0.409. The molecule has 0 saturated carbocycles. The number of hydrogen-bond donors (Lipinski definition) is 1. The molecular weight excluding hydrogens is 256 g/mol. The monoisotopic (exact) mass is 268 g/mol. The Labute approximate surface area is 115 Å². The van der Waals surface area contributed by atoms with Crippen LogP contribution < -0.4 is 5.32 Å². The molecule has 5 heteroatoms. The Morgan fingerprint density at radius 2 is 1.65 bits per heavy atom. The lowest BCUT2D eigenvalue weighted by Crippen LogP contribution is -2.25. The van der Waals surface area contributed by atoms with E-state index in [0.717, 1.165) is 0 Å². The van der Waals surface area contributed by atoms with E-state index in [2.05, 4.69) is 10.3 Å². The molecule has 1 amide bonds. The Hall–Kier alpha value is -2.82. The van der Waals surface area contributed by atoms with Crippen molar-refractivity contribution in [1.29, 1.82) is 0 Å². The normalized spacial score (nSPS) is 9.80. The standard InChI is InChI=1S/C15H12N2O3/c18-12(11-6-2-1-3-7-11)10-13(19)15(20)17-14-8-4-5-9-16-14/h1-9H,10H2,(H,16,17,20). The van der Waals surface area contributed by atoms with Crippen molar-refractivity contribution in [2.24, 2.45) is 0 Å². The average Bonchev–Trinajstić information content (AvgIpc) is 2.49. The maximum absolute atomic E-state index is 11.8. The average molecular weight is 268 g/mol. The zero-order chi connectivity index (χ0) is 14.4. The van der Waals surface area contributed by atoms with Crippen LogP contribution in [0.3, 0.4) is 0 Å². The Morgan fingerprint density at radius 3 is 2.30 bits per heavy atom. The second-order valence-electron chi connectivity index (χ2n) is 4.06. The number of carbonyl (C=O) groups is 3. The summed E-state index contributed by atoms with van der Waals surface area (Å²) in [6.07, 6.45) is 1.04. The van der Waals surface area contributed by atoms with E-state index in [1.165, 1.54) is 6.20 Å². The van der Waals surface area contributed by atoms with Crippen LogP contribution in [0.15, 0.2) is 54.7 Å². The molecule has 0 aliphatic rings. The number of aromatic nitrogens is 1. The summed E-state index contributed by atoms with van der Waals surface area (Å²) in [5, 5.41) is 2.35. The van der Waals surface area contributed by atoms with Gasteiger partial charge in [0.15, 0.2) is 5.78 Å². The van der Waals surface area contributed by atoms with Crippen molar-refractivity contribution >= 4 is 23.3 Å².